The van der Waals surface area contributed by atoms with Gasteiger partial charge >= 0.3 is 5.69 Å². The van der Waals surface area contributed by atoms with Crippen LogP contribution in [0.5, 0.6) is 6.01 Å². The summed E-state index contributed by atoms with van der Waals surface area (Å²) < 4.78 is 96.1. The fourth-order valence-corrected chi connectivity index (χ4v) is 2.28. The number of hydrogen-bond acceptors (Lipinski definition) is 4. The van der Waals surface area contributed by atoms with Gasteiger partial charge in [-0.3, -0.25) is 4.98 Å². The molecule has 0 saturated heterocycles. The third-order valence-corrected chi connectivity index (χ3v) is 3.33. The Labute approximate surface area is 144 Å². The van der Waals surface area contributed by atoms with Crippen LogP contribution in [-0.2, 0) is 0 Å². The fraction of sp³-hybridized carbons (Fsp3) is 0.214. The molecule has 0 saturated carbocycles. The van der Waals surface area contributed by atoms with Gasteiger partial charge in [-0.05, 0) is 17.7 Å². The summed E-state index contributed by atoms with van der Waals surface area (Å²) in [5.74, 6) is -5.19. The average Bonchev–Trinajstić information content (AvgIpc) is 2.97. The van der Waals surface area contributed by atoms with Crippen LogP contribution in [0.4, 0.5) is 30.7 Å². The number of ether oxygens (including phenoxy) is 1. The van der Waals surface area contributed by atoms with Crippen molar-refractivity contribution in [1.29, 1.82) is 0 Å². The molecule has 1 N–H and O–H groups in total. The minimum absolute atomic E-state index is 0.339. The number of fused-ring (bicyclic) bond motifs is 1. The predicted molar refractivity (Wildman–Crippen MR) is 75.4 cm³/mol. The summed E-state index contributed by atoms with van der Waals surface area (Å²) in [5.41, 5.74) is -4.18. The van der Waals surface area contributed by atoms with Gasteiger partial charge in [0.05, 0.1) is 5.56 Å². The van der Waals surface area contributed by atoms with E-state index in [1.165, 1.54) is 0 Å². The number of nitrogens with one attached hydrogen (secondary N) is 1. The zero-order valence-electron chi connectivity index (χ0n) is 12.8. The Morgan fingerprint density at radius 1 is 1.11 bits per heavy atom. The molecule has 0 atom stereocenters. The van der Waals surface area contributed by atoms with Crippen LogP contribution >= 0.6 is 0 Å². The highest BCUT2D eigenvalue weighted by Crippen LogP contribution is 2.34. The first-order chi connectivity index (χ1) is 12.7. The molecular weight excluding hydrogens is 389 g/mol. The van der Waals surface area contributed by atoms with Gasteiger partial charge in [0.2, 0.25) is 0 Å². The lowest BCUT2D eigenvalue weighted by atomic mass is 10.1. The molecule has 0 spiro atoms. The molecule has 13 heteroatoms. The van der Waals surface area contributed by atoms with E-state index in [1.807, 2.05) is 4.98 Å². The molecule has 0 amide bonds. The van der Waals surface area contributed by atoms with Crippen molar-refractivity contribution < 1.29 is 35.5 Å². The van der Waals surface area contributed by atoms with Crippen LogP contribution in [0.2, 0.25) is 0 Å². The second-order valence-electron chi connectivity index (χ2n) is 5.10. The maximum Gasteiger partial charge on any atom is 0.352 e. The van der Waals surface area contributed by atoms with Crippen molar-refractivity contribution >= 4 is 5.65 Å². The average molecular weight is 396 g/mol. The summed E-state index contributed by atoms with van der Waals surface area (Å²) in [5, 5.41) is 3.32. The first-order valence-electron chi connectivity index (χ1n) is 7.06. The van der Waals surface area contributed by atoms with Gasteiger partial charge in [0.1, 0.15) is 5.69 Å². The van der Waals surface area contributed by atoms with E-state index in [2.05, 4.69) is 14.8 Å². The highest BCUT2D eigenvalue weighted by Gasteiger charge is 2.26. The van der Waals surface area contributed by atoms with Gasteiger partial charge in [-0.2, -0.15) is 14.6 Å². The second kappa shape index (κ2) is 6.89. The maximum absolute atomic E-state index is 13.5. The van der Waals surface area contributed by atoms with Crippen molar-refractivity contribution in [3.05, 3.63) is 45.8 Å². The number of halogens is 7. The van der Waals surface area contributed by atoms with Crippen molar-refractivity contribution in [2.75, 3.05) is 6.61 Å². The van der Waals surface area contributed by atoms with E-state index in [4.69, 9.17) is 0 Å². The smallest absolute Gasteiger partial charge is 0.352 e. The number of aromatic nitrogens is 4. The summed E-state index contributed by atoms with van der Waals surface area (Å²) in [6, 6.07) is 0.0612. The molecule has 3 rings (SSSR count). The molecule has 0 bridgehead atoms. The zero-order chi connectivity index (χ0) is 19.9. The van der Waals surface area contributed by atoms with Crippen LogP contribution in [0.25, 0.3) is 16.8 Å². The summed E-state index contributed by atoms with van der Waals surface area (Å²) in [4.78, 5) is 17.4. The number of rotatable bonds is 5. The van der Waals surface area contributed by atoms with Crippen molar-refractivity contribution in [1.82, 2.24) is 19.6 Å². The minimum Gasteiger partial charge on any atom is -0.459 e. The van der Waals surface area contributed by atoms with Crippen LogP contribution in [0.15, 0.2) is 16.9 Å². The number of nitrogens with zero attached hydrogens (tertiary/aromatic N) is 3. The molecule has 2 heterocycles. The van der Waals surface area contributed by atoms with Crippen LogP contribution in [0.3, 0.4) is 0 Å². The standard InChI is InChI=1S/C14H7F7N4O2/c15-5-1-4(2-6(16)9(5)19)8-10(11(20)21)24-25-12(8)22-13(23-14(25)26)27-3-7(17)18/h1-2,7,11H,3H2,(H,22,23,26). The molecule has 0 aliphatic rings. The van der Waals surface area contributed by atoms with Gasteiger partial charge in [-0.15, -0.1) is 0 Å². The fourth-order valence-electron chi connectivity index (χ4n) is 2.28. The topological polar surface area (TPSA) is 72.3 Å². The lowest BCUT2D eigenvalue weighted by molar-refractivity contribution is 0.0768. The SMILES string of the molecule is O=c1[nH]c(OCC(F)F)nc2c(-c3cc(F)c(F)c(F)c3)c(C(F)F)nn12. The van der Waals surface area contributed by atoms with Crippen molar-refractivity contribution in [2.45, 2.75) is 12.9 Å². The quantitative estimate of drug-likeness (QED) is 0.532. The van der Waals surface area contributed by atoms with Gasteiger partial charge in [0.15, 0.2) is 29.7 Å². The van der Waals surface area contributed by atoms with E-state index in [-0.39, 0.29) is 0 Å². The summed E-state index contributed by atoms with van der Waals surface area (Å²) in [7, 11) is 0. The zero-order valence-corrected chi connectivity index (χ0v) is 12.8. The van der Waals surface area contributed by atoms with Gasteiger partial charge in [0.25, 0.3) is 18.9 Å². The summed E-state index contributed by atoms with van der Waals surface area (Å²) >= 11 is 0. The Balaban J connectivity index is 2.29. The molecule has 0 unspecified atom stereocenters. The molecule has 27 heavy (non-hydrogen) atoms. The number of aromatic amines is 1. The Bertz CT molecular complexity index is 1040. The number of benzene rings is 1. The van der Waals surface area contributed by atoms with E-state index in [0.29, 0.717) is 16.6 Å². The Hall–Kier alpha value is -3.12. The Morgan fingerprint density at radius 2 is 1.74 bits per heavy atom. The Morgan fingerprint density at radius 3 is 2.30 bits per heavy atom. The largest absolute Gasteiger partial charge is 0.459 e. The molecule has 0 aliphatic heterocycles. The summed E-state index contributed by atoms with van der Waals surface area (Å²) in [6.45, 7) is -1.16. The monoisotopic (exact) mass is 396 g/mol. The van der Waals surface area contributed by atoms with Gasteiger partial charge < -0.3 is 4.74 Å². The third-order valence-electron chi connectivity index (χ3n) is 3.33. The normalized spacial score (nSPS) is 11.7. The van der Waals surface area contributed by atoms with E-state index < -0.39 is 71.1 Å². The second-order valence-corrected chi connectivity index (χ2v) is 5.10. The van der Waals surface area contributed by atoms with Crippen molar-refractivity contribution in [2.24, 2.45) is 0 Å². The van der Waals surface area contributed by atoms with E-state index in [0.717, 1.165) is 0 Å². The number of alkyl halides is 4. The molecule has 1 aromatic carbocycles. The van der Waals surface area contributed by atoms with E-state index in [9.17, 15) is 35.5 Å². The predicted octanol–water partition coefficient (Wildman–Crippen LogP) is 3.08. The number of H-pyrrole nitrogens is 1. The van der Waals surface area contributed by atoms with Gasteiger partial charge in [0, 0.05) is 0 Å². The van der Waals surface area contributed by atoms with Crippen molar-refractivity contribution in [3.63, 3.8) is 0 Å². The number of hydrogen-bond donors (Lipinski definition) is 1. The molecular formula is C14H7F7N4O2. The molecule has 0 aliphatic carbocycles. The van der Waals surface area contributed by atoms with Crippen LogP contribution in [0, 0.1) is 17.5 Å². The minimum atomic E-state index is -3.30. The van der Waals surface area contributed by atoms with E-state index >= 15 is 0 Å². The first kappa shape index (κ1) is 18.7. The molecule has 2 aromatic heterocycles. The van der Waals surface area contributed by atoms with Crippen LogP contribution in [0.1, 0.15) is 12.1 Å². The highest BCUT2D eigenvalue weighted by atomic mass is 19.3. The van der Waals surface area contributed by atoms with E-state index in [1.54, 1.807) is 0 Å². The van der Waals surface area contributed by atoms with Crippen LogP contribution in [-0.4, -0.2) is 32.6 Å². The lowest BCUT2D eigenvalue weighted by Crippen LogP contribution is -2.21. The van der Waals surface area contributed by atoms with Crippen molar-refractivity contribution in [3.8, 4) is 17.1 Å². The molecule has 0 fully saturated rings. The molecule has 144 valence electrons. The molecule has 0 radical (unpaired) electrons. The molecule has 3 aromatic rings. The first-order valence-corrected chi connectivity index (χ1v) is 7.06. The third kappa shape index (κ3) is 3.44. The van der Waals surface area contributed by atoms with Gasteiger partial charge in [-0.25, -0.2) is 35.5 Å². The lowest BCUT2D eigenvalue weighted by Gasteiger charge is -2.06. The summed E-state index contributed by atoms with van der Waals surface area (Å²) in [6.07, 6.45) is -6.23. The van der Waals surface area contributed by atoms with Gasteiger partial charge in [-0.1, -0.05) is 0 Å². The Kier molecular flexibility index (Phi) is 4.76. The molecule has 6 nitrogen and oxygen atoms in total. The maximum atomic E-state index is 13.5. The highest BCUT2D eigenvalue weighted by molar-refractivity contribution is 5.80. The van der Waals surface area contributed by atoms with Crippen LogP contribution < -0.4 is 10.4 Å².